The van der Waals surface area contributed by atoms with Gasteiger partial charge in [-0.1, -0.05) is 6.07 Å². The number of fused-ring (bicyclic) bond motifs is 1. The normalized spacial score (nSPS) is 18.8. The molecule has 8 nitrogen and oxygen atoms in total. The highest BCUT2D eigenvalue weighted by atomic mass is 32.2. The monoisotopic (exact) mass is 457 g/mol. The molecule has 1 aliphatic heterocycles. The van der Waals surface area contributed by atoms with E-state index in [1.54, 1.807) is 48.4 Å². The molecule has 3 aromatic rings. The molecule has 0 radical (unpaired) electrons. The summed E-state index contributed by atoms with van der Waals surface area (Å²) in [6.07, 6.45) is 0.998. The maximum atomic E-state index is 13.7. The number of sulfonamides is 1. The number of rotatable bonds is 5. The van der Waals surface area contributed by atoms with Gasteiger partial charge in [-0.05, 0) is 56.8 Å². The lowest BCUT2D eigenvalue weighted by Gasteiger charge is -2.21. The van der Waals surface area contributed by atoms with Gasteiger partial charge in [-0.3, -0.25) is 4.79 Å². The number of hydrogen-bond donors (Lipinski definition) is 2. The lowest BCUT2D eigenvalue weighted by molar-refractivity contribution is 0.0740. The van der Waals surface area contributed by atoms with E-state index in [9.17, 15) is 17.6 Å². The molecular weight excluding hydrogens is 433 g/mol. The van der Waals surface area contributed by atoms with E-state index in [0.717, 1.165) is 5.39 Å². The third kappa shape index (κ3) is 4.28. The highest BCUT2D eigenvalue weighted by Gasteiger charge is 2.32. The number of likely N-dealkylation sites (tertiary alicyclic amines) is 1. The van der Waals surface area contributed by atoms with Gasteiger partial charge in [-0.2, -0.15) is 0 Å². The van der Waals surface area contributed by atoms with Gasteiger partial charge in [0.25, 0.3) is 5.91 Å². The van der Waals surface area contributed by atoms with E-state index in [1.807, 2.05) is 6.92 Å². The molecule has 1 aliphatic rings. The van der Waals surface area contributed by atoms with E-state index in [-0.39, 0.29) is 23.4 Å². The lowest BCUT2D eigenvalue weighted by atomic mass is 10.1. The molecule has 2 aromatic carbocycles. The molecule has 0 aliphatic carbocycles. The van der Waals surface area contributed by atoms with Crippen molar-refractivity contribution in [2.75, 3.05) is 18.9 Å². The van der Waals surface area contributed by atoms with Crippen LogP contribution in [0.1, 0.15) is 29.3 Å². The molecule has 32 heavy (non-hydrogen) atoms. The molecule has 2 N–H and O–H groups in total. The Morgan fingerprint density at radius 3 is 2.66 bits per heavy atom. The van der Waals surface area contributed by atoms with Crippen LogP contribution in [0.5, 0.6) is 0 Å². The van der Waals surface area contributed by atoms with Crippen molar-refractivity contribution < 1.29 is 17.6 Å². The minimum absolute atomic E-state index is 0.104. The van der Waals surface area contributed by atoms with Gasteiger partial charge in [-0.25, -0.2) is 27.5 Å². The number of carbonyl (C=O) groups is 1. The van der Waals surface area contributed by atoms with Crippen LogP contribution >= 0.6 is 0 Å². The number of benzene rings is 2. The fourth-order valence-electron chi connectivity index (χ4n) is 3.81. The second kappa shape index (κ2) is 8.44. The summed E-state index contributed by atoms with van der Waals surface area (Å²) in [4.78, 5) is 23.4. The summed E-state index contributed by atoms with van der Waals surface area (Å²) >= 11 is 0. The molecule has 1 fully saturated rings. The molecule has 0 saturated carbocycles. The van der Waals surface area contributed by atoms with Crippen LogP contribution in [0.15, 0.2) is 47.5 Å². The Morgan fingerprint density at radius 1 is 1.22 bits per heavy atom. The first-order valence-corrected chi connectivity index (χ1v) is 11.7. The number of amides is 1. The predicted molar refractivity (Wildman–Crippen MR) is 120 cm³/mol. The number of aromatic nitrogens is 2. The van der Waals surface area contributed by atoms with E-state index < -0.39 is 16.2 Å². The second-order valence-electron chi connectivity index (χ2n) is 7.92. The highest BCUT2D eigenvalue weighted by molar-refractivity contribution is 7.89. The number of hydrogen-bond acceptors (Lipinski definition) is 6. The highest BCUT2D eigenvalue weighted by Crippen LogP contribution is 2.25. The molecule has 4 rings (SSSR count). The van der Waals surface area contributed by atoms with Gasteiger partial charge in [0.1, 0.15) is 6.17 Å². The summed E-state index contributed by atoms with van der Waals surface area (Å²) in [5.74, 6) is 0.0950. The first-order chi connectivity index (χ1) is 15.2. The predicted octanol–water partition coefficient (Wildman–Crippen LogP) is 3.16. The van der Waals surface area contributed by atoms with Gasteiger partial charge in [0, 0.05) is 35.3 Å². The number of nitrogens with zero attached hydrogens (tertiary/aromatic N) is 3. The Labute approximate surface area is 185 Å². The van der Waals surface area contributed by atoms with E-state index in [0.29, 0.717) is 34.7 Å². The van der Waals surface area contributed by atoms with Crippen molar-refractivity contribution in [3.63, 3.8) is 0 Å². The van der Waals surface area contributed by atoms with Gasteiger partial charge < -0.3 is 10.2 Å². The second-order valence-corrected chi connectivity index (χ2v) is 9.80. The summed E-state index contributed by atoms with van der Waals surface area (Å²) in [6.45, 7) is 3.73. The average Bonchev–Trinajstić information content (AvgIpc) is 3.11. The third-order valence-corrected chi connectivity index (χ3v) is 7.05. The Bertz CT molecular complexity index is 1300. The van der Waals surface area contributed by atoms with Crippen molar-refractivity contribution in [3.05, 3.63) is 53.7 Å². The maximum Gasteiger partial charge on any atom is 0.254 e. The Balaban J connectivity index is 1.60. The molecule has 0 unspecified atom stereocenters. The quantitative estimate of drug-likeness (QED) is 0.610. The summed E-state index contributed by atoms with van der Waals surface area (Å²) < 4.78 is 39.9. The standard InChI is InChI=1S/C22H24FN5O3S/c1-13-8-18(32(30,31)24-3)6-7-19(13)26-22-25-11-16-5-4-15(10-20(16)27-22)21(29)28-12-17(23)9-14(28)2/h4-8,10-11,14,17,24H,9,12H2,1-3H3,(H,25,26,27)/t14-,17+/m0/s1. The first-order valence-electron chi connectivity index (χ1n) is 10.2. The van der Waals surface area contributed by atoms with Crippen molar-refractivity contribution in [2.45, 2.75) is 37.4 Å². The number of halogens is 1. The smallest absolute Gasteiger partial charge is 0.254 e. The van der Waals surface area contributed by atoms with Crippen LogP contribution in [0.2, 0.25) is 0 Å². The van der Waals surface area contributed by atoms with Crippen molar-refractivity contribution >= 4 is 38.5 Å². The third-order valence-electron chi connectivity index (χ3n) is 5.64. The van der Waals surface area contributed by atoms with Gasteiger partial charge in [0.2, 0.25) is 16.0 Å². The van der Waals surface area contributed by atoms with Gasteiger partial charge in [-0.15, -0.1) is 0 Å². The van der Waals surface area contributed by atoms with Crippen LogP contribution in [0, 0.1) is 6.92 Å². The van der Waals surface area contributed by atoms with Crippen molar-refractivity contribution in [1.82, 2.24) is 19.6 Å². The van der Waals surface area contributed by atoms with E-state index in [2.05, 4.69) is 20.0 Å². The minimum Gasteiger partial charge on any atom is -0.333 e. The van der Waals surface area contributed by atoms with E-state index in [4.69, 9.17) is 0 Å². The summed E-state index contributed by atoms with van der Waals surface area (Å²) in [6, 6.07) is 9.70. The Morgan fingerprint density at radius 2 is 2.00 bits per heavy atom. The van der Waals surface area contributed by atoms with Crippen molar-refractivity contribution in [2.24, 2.45) is 0 Å². The van der Waals surface area contributed by atoms with Crippen LogP contribution in [0.25, 0.3) is 10.9 Å². The maximum absolute atomic E-state index is 13.7. The minimum atomic E-state index is -3.54. The van der Waals surface area contributed by atoms with Crippen LogP contribution in [-0.2, 0) is 10.0 Å². The molecule has 10 heteroatoms. The zero-order valence-corrected chi connectivity index (χ0v) is 18.8. The fraction of sp³-hybridized carbons (Fsp3) is 0.318. The molecular formula is C22H24FN5O3S. The molecule has 1 aromatic heterocycles. The van der Waals surface area contributed by atoms with Gasteiger partial charge in [0.05, 0.1) is 17.0 Å². The summed E-state index contributed by atoms with van der Waals surface area (Å²) in [5.41, 5.74) is 2.38. The van der Waals surface area contributed by atoms with Gasteiger partial charge >= 0.3 is 0 Å². The van der Waals surface area contributed by atoms with Crippen LogP contribution < -0.4 is 10.0 Å². The number of alkyl halides is 1. The molecule has 0 bridgehead atoms. The van der Waals surface area contributed by atoms with Crippen LogP contribution in [0.3, 0.4) is 0 Å². The largest absolute Gasteiger partial charge is 0.333 e. The number of anilines is 2. The SMILES string of the molecule is CNS(=O)(=O)c1ccc(Nc2ncc3ccc(C(=O)N4C[C@H](F)C[C@@H]4C)cc3n2)c(C)c1. The fourth-order valence-corrected chi connectivity index (χ4v) is 4.63. The van der Waals surface area contributed by atoms with Crippen LogP contribution in [-0.4, -0.2) is 55.0 Å². The van der Waals surface area contributed by atoms with Crippen molar-refractivity contribution in [1.29, 1.82) is 0 Å². The molecule has 2 heterocycles. The topological polar surface area (TPSA) is 104 Å². The Hall–Kier alpha value is -3.11. The molecule has 0 spiro atoms. The molecule has 1 saturated heterocycles. The number of carbonyl (C=O) groups excluding carboxylic acids is 1. The Kier molecular flexibility index (Phi) is 5.83. The molecule has 168 valence electrons. The van der Waals surface area contributed by atoms with Crippen LogP contribution in [0.4, 0.5) is 16.0 Å². The summed E-state index contributed by atoms with van der Waals surface area (Å²) in [5, 5.41) is 3.86. The number of aryl methyl sites for hydroxylation is 1. The summed E-state index contributed by atoms with van der Waals surface area (Å²) in [7, 11) is -2.17. The zero-order valence-electron chi connectivity index (χ0n) is 18.0. The molecule has 1 amide bonds. The van der Waals surface area contributed by atoms with E-state index in [1.165, 1.54) is 13.1 Å². The first kappa shape index (κ1) is 22.1. The lowest BCUT2D eigenvalue weighted by Crippen LogP contribution is -2.34. The zero-order chi connectivity index (χ0) is 23.0. The van der Waals surface area contributed by atoms with Gasteiger partial charge in [0.15, 0.2) is 0 Å². The molecule has 2 atom stereocenters. The van der Waals surface area contributed by atoms with E-state index >= 15 is 0 Å². The number of nitrogens with one attached hydrogen (secondary N) is 2. The van der Waals surface area contributed by atoms with Crippen molar-refractivity contribution in [3.8, 4) is 0 Å². The average molecular weight is 458 g/mol.